The molecule has 138 valence electrons. The summed E-state index contributed by atoms with van der Waals surface area (Å²) in [6, 6.07) is 9.57. The lowest BCUT2D eigenvalue weighted by Gasteiger charge is -2.35. The van der Waals surface area contributed by atoms with Gasteiger partial charge in [0.25, 0.3) is 0 Å². The van der Waals surface area contributed by atoms with Crippen molar-refractivity contribution >= 4 is 12.0 Å². The zero-order chi connectivity index (χ0) is 18.2. The number of methoxy groups -OCH3 is 1. The van der Waals surface area contributed by atoms with Crippen LogP contribution in [0.3, 0.4) is 0 Å². The number of urea groups is 1. The largest absolute Gasteiger partial charge is 0.467 e. The first kappa shape index (κ1) is 19.2. The van der Waals surface area contributed by atoms with Crippen LogP contribution < -0.4 is 5.32 Å². The minimum absolute atomic E-state index is 0.185. The lowest BCUT2D eigenvalue weighted by molar-refractivity contribution is -0.143. The minimum atomic E-state index is -0.583. The van der Waals surface area contributed by atoms with Gasteiger partial charge in [0.15, 0.2) is 0 Å². The third-order valence-corrected chi connectivity index (χ3v) is 4.40. The van der Waals surface area contributed by atoms with Crippen molar-refractivity contribution in [1.29, 1.82) is 0 Å². The second-order valence-electron chi connectivity index (χ2n) is 6.90. The van der Waals surface area contributed by atoms with E-state index in [-0.39, 0.29) is 12.0 Å². The maximum atomic E-state index is 12.5. The monoisotopic (exact) mass is 347 g/mol. The molecule has 0 aliphatic carbocycles. The average molecular weight is 347 g/mol. The molecule has 0 bridgehead atoms. The van der Waals surface area contributed by atoms with Gasteiger partial charge in [-0.1, -0.05) is 44.2 Å². The van der Waals surface area contributed by atoms with Crippen molar-refractivity contribution in [3.05, 3.63) is 35.9 Å². The molecule has 0 aromatic heterocycles. The molecule has 1 saturated heterocycles. The van der Waals surface area contributed by atoms with E-state index < -0.39 is 6.04 Å². The Morgan fingerprint density at radius 3 is 2.32 bits per heavy atom. The summed E-state index contributed by atoms with van der Waals surface area (Å²) >= 11 is 0. The molecule has 2 amide bonds. The number of piperazine rings is 1. The van der Waals surface area contributed by atoms with Gasteiger partial charge in [-0.25, -0.2) is 9.59 Å². The number of nitrogens with one attached hydrogen (secondary N) is 1. The number of carbonyl (C=O) groups is 2. The van der Waals surface area contributed by atoms with Crippen molar-refractivity contribution in [3.63, 3.8) is 0 Å². The molecular formula is C19H29N3O3. The van der Waals surface area contributed by atoms with Crippen LogP contribution in [-0.2, 0) is 16.1 Å². The fourth-order valence-electron chi connectivity index (χ4n) is 3.02. The highest BCUT2D eigenvalue weighted by atomic mass is 16.5. The predicted molar refractivity (Wildman–Crippen MR) is 97.1 cm³/mol. The van der Waals surface area contributed by atoms with E-state index in [0.717, 1.165) is 19.6 Å². The Morgan fingerprint density at radius 1 is 1.12 bits per heavy atom. The van der Waals surface area contributed by atoms with Gasteiger partial charge < -0.3 is 15.0 Å². The molecule has 1 aliphatic rings. The molecule has 1 heterocycles. The molecule has 1 unspecified atom stereocenters. The van der Waals surface area contributed by atoms with Gasteiger partial charge in [-0.3, -0.25) is 4.90 Å². The number of carbonyl (C=O) groups excluding carboxylic acids is 2. The van der Waals surface area contributed by atoms with Crippen LogP contribution in [-0.4, -0.2) is 61.1 Å². The van der Waals surface area contributed by atoms with Crippen LogP contribution in [0.5, 0.6) is 0 Å². The summed E-state index contributed by atoms with van der Waals surface area (Å²) in [7, 11) is 1.35. The first-order valence-corrected chi connectivity index (χ1v) is 8.89. The van der Waals surface area contributed by atoms with Crippen LogP contribution in [0, 0.1) is 5.92 Å². The van der Waals surface area contributed by atoms with E-state index in [0.29, 0.717) is 25.4 Å². The highest BCUT2D eigenvalue weighted by molar-refractivity contribution is 5.83. The SMILES string of the molecule is COC(=O)C(CC(C)C)NC(=O)N1CCN(Cc2ccccc2)CC1. The highest BCUT2D eigenvalue weighted by Crippen LogP contribution is 2.10. The maximum Gasteiger partial charge on any atom is 0.328 e. The molecule has 6 nitrogen and oxygen atoms in total. The zero-order valence-electron chi connectivity index (χ0n) is 15.4. The molecule has 0 radical (unpaired) electrons. The number of ether oxygens (including phenoxy) is 1. The topological polar surface area (TPSA) is 61.9 Å². The van der Waals surface area contributed by atoms with Crippen LogP contribution in [0.25, 0.3) is 0 Å². The van der Waals surface area contributed by atoms with E-state index in [1.165, 1.54) is 12.7 Å². The third-order valence-electron chi connectivity index (χ3n) is 4.40. The number of rotatable bonds is 6. The second kappa shape index (κ2) is 9.42. The second-order valence-corrected chi connectivity index (χ2v) is 6.90. The van der Waals surface area contributed by atoms with Crippen LogP contribution in [0.15, 0.2) is 30.3 Å². The summed E-state index contributed by atoms with van der Waals surface area (Å²) in [6.45, 7) is 7.91. The van der Waals surface area contributed by atoms with E-state index in [1.54, 1.807) is 4.90 Å². The molecule has 1 aromatic rings. The van der Waals surface area contributed by atoms with Crippen molar-refractivity contribution in [2.24, 2.45) is 5.92 Å². The number of hydrogen-bond donors (Lipinski definition) is 1. The Bertz CT molecular complexity index is 554. The molecule has 1 fully saturated rings. The molecule has 1 N–H and O–H groups in total. The number of hydrogen-bond acceptors (Lipinski definition) is 4. The Kier molecular flexibility index (Phi) is 7.25. The fourth-order valence-corrected chi connectivity index (χ4v) is 3.02. The summed E-state index contributed by atoms with van der Waals surface area (Å²) in [6.07, 6.45) is 0.576. The van der Waals surface area contributed by atoms with Gasteiger partial charge in [-0.2, -0.15) is 0 Å². The van der Waals surface area contributed by atoms with E-state index in [4.69, 9.17) is 4.74 Å². The van der Waals surface area contributed by atoms with E-state index in [2.05, 4.69) is 22.3 Å². The number of benzene rings is 1. The van der Waals surface area contributed by atoms with Gasteiger partial charge in [-0.05, 0) is 17.9 Å². The molecule has 0 saturated carbocycles. The van der Waals surface area contributed by atoms with Gasteiger partial charge in [0.2, 0.25) is 0 Å². The number of esters is 1. The van der Waals surface area contributed by atoms with Crippen molar-refractivity contribution in [3.8, 4) is 0 Å². The molecular weight excluding hydrogens is 318 g/mol. The van der Waals surface area contributed by atoms with Gasteiger partial charge in [0, 0.05) is 32.7 Å². The van der Waals surface area contributed by atoms with Crippen LogP contribution in [0.2, 0.25) is 0 Å². The molecule has 1 atom stereocenters. The summed E-state index contributed by atoms with van der Waals surface area (Å²) < 4.78 is 4.80. The van der Waals surface area contributed by atoms with Crippen molar-refractivity contribution in [2.75, 3.05) is 33.3 Å². The lowest BCUT2D eigenvalue weighted by Crippen LogP contribution is -2.54. The van der Waals surface area contributed by atoms with E-state index in [1.807, 2.05) is 32.0 Å². The van der Waals surface area contributed by atoms with E-state index in [9.17, 15) is 9.59 Å². The van der Waals surface area contributed by atoms with Gasteiger partial charge in [0.1, 0.15) is 6.04 Å². The summed E-state index contributed by atoms with van der Waals surface area (Å²) in [5, 5.41) is 2.83. The van der Waals surface area contributed by atoms with Crippen LogP contribution >= 0.6 is 0 Å². The molecule has 0 spiro atoms. The lowest BCUT2D eigenvalue weighted by atomic mass is 10.0. The number of nitrogens with zero attached hydrogens (tertiary/aromatic N) is 2. The third kappa shape index (κ3) is 6.05. The predicted octanol–water partition coefficient (Wildman–Crippen LogP) is 2.10. The quantitative estimate of drug-likeness (QED) is 0.801. The van der Waals surface area contributed by atoms with Crippen molar-refractivity contribution in [1.82, 2.24) is 15.1 Å². The van der Waals surface area contributed by atoms with Crippen molar-refractivity contribution < 1.29 is 14.3 Å². The van der Waals surface area contributed by atoms with Crippen LogP contribution in [0.1, 0.15) is 25.8 Å². The van der Waals surface area contributed by atoms with Gasteiger partial charge >= 0.3 is 12.0 Å². The summed E-state index contributed by atoms with van der Waals surface area (Å²) in [5.41, 5.74) is 1.28. The Hall–Kier alpha value is -2.08. The molecule has 6 heteroatoms. The Morgan fingerprint density at radius 2 is 1.76 bits per heavy atom. The average Bonchev–Trinajstić information content (AvgIpc) is 2.61. The molecule has 1 aromatic carbocycles. The van der Waals surface area contributed by atoms with E-state index >= 15 is 0 Å². The highest BCUT2D eigenvalue weighted by Gasteiger charge is 2.27. The first-order chi connectivity index (χ1) is 12.0. The number of amides is 2. The Balaban J connectivity index is 1.82. The Labute approximate surface area is 150 Å². The van der Waals surface area contributed by atoms with Gasteiger partial charge in [0.05, 0.1) is 7.11 Å². The minimum Gasteiger partial charge on any atom is -0.467 e. The first-order valence-electron chi connectivity index (χ1n) is 8.89. The summed E-state index contributed by atoms with van der Waals surface area (Å²) in [4.78, 5) is 28.4. The summed E-state index contributed by atoms with van der Waals surface area (Å²) in [5.74, 6) is -0.0862. The maximum absolute atomic E-state index is 12.5. The smallest absolute Gasteiger partial charge is 0.328 e. The standard InChI is InChI=1S/C19H29N3O3/c1-15(2)13-17(18(23)25-3)20-19(24)22-11-9-21(10-12-22)14-16-7-5-4-6-8-16/h4-8,15,17H,9-14H2,1-3H3,(H,20,24). The molecule has 1 aliphatic heterocycles. The van der Waals surface area contributed by atoms with Gasteiger partial charge in [-0.15, -0.1) is 0 Å². The van der Waals surface area contributed by atoms with Crippen LogP contribution in [0.4, 0.5) is 4.79 Å². The molecule has 2 rings (SSSR count). The van der Waals surface area contributed by atoms with Crippen molar-refractivity contribution in [2.45, 2.75) is 32.9 Å². The molecule has 25 heavy (non-hydrogen) atoms. The normalized spacial score (nSPS) is 16.6. The zero-order valence-corrected chi connectivity index (χ0v) is 15.4. The fraction of sp³-hybridized carbons (Fsp3) is 0.579.